The number of rotatable bonds is 32. The minimum Gasteiger partial charge on any atom is -0.453 e. The molecule has 4 amide bonds. The molecule has 7 N–H and O–H groups in total. The molecule has 6 aromatic carbocycles. The number of nitriles is 1. The summed E-state index contributed by atoms with van der Waals surface area (Å²) in [6.07, 6.45) is 9.42. The summed E-state index contributed by atoms with van der Waals surface area (Å²) in [4.78, 5) is 93.8. The molecule has 0 radical (unpaired) electrons. The molecule has 0 aliphatic rings. The summed E-state index contributed by atoms with van der Waals surface area (Å²) in [5.74, 6) is -2.26. The van der Waals surface area contributed by atoms with Crippen LogP contribution in [0.2, 0.25) is 0 Å². The second kappa shape index (κ2) is 51.8. The number of carbonyl (C=O) groups excluding carboxylic acids is 5. The molecule has 0 spiro atoms. The Hall–Kier alpha value is -14.5. The van der Waals surface area contributed by atoms with Gasteiger partial charge in [-0.3, -0.25) is 44.3 Å². The summed E-state index contributed by atoms with van der Waals surface area (Å²) >= 11 is 15.3. The van der Waals surface area contributed by atoms with E-state index in [0.29, 0.717) is 137 Å². The number of thiocarbonyl (C=S) groups is 2. The van der Waals surface area contributed by atoms with E-state index in [1.165, 1.54) is 143 Å². The Kier molecular flexibility index (Phi) is 38.9. The molecule has 9 aromatic heterocycles. The molecule has 0 saturated carbocycles. The topological polar surface area (TPSA) is 353 Å². The summed E-state index contributed by atoms with van der Waals surface area (Å²) in [6, 6.07) is 51.9. The van der Waals surface area contributed by atoms with Gasteiger partial charge in [0.15, 0.2) is 44.9 Å². The summed E-state index contributed by atoms with van der Waals surface area (Å²) < 4.78 is 130. The van der Waals surface area contributed by atoms with Gasteiger partial charge in [0.25, 0.3) is 0 Å². The number of anilines is 3. The summed E-state index contributed by atoms with van der Waals surface area (Å²) in [5, 5.41) is 23.6. The van der Waals surface area contributed by atoms with Crippen molar-refractivity contribution in [2.24, 2.45) is 0 Å². The van der Waals surface area contributed by atoms with E-state index in [-0.39, 0.29) is 69.4 Å². The van der Waals surface area contributed by atoms with Gasteiger partial charge in [0.05, 0.1) is 108 Å². The fraction of sp³-hybridized carbons (Fsp3) is 0.223. The number of thiophene rings is 3. The van der Waals surface area contributed by atoms with Gasteiger partial charge in [0.1, 0.15) is 51.3 Å². The number of halogens is 6. The van der Waals surface area contributed by atoms with Crippen LogP contribution in [0.1, 0.15) is 74.9 Å². The van der Waals surface area contributed by atoms with E-state index in [0.717, 1.165) is 64.2 Å². The smallest absolute Gasteiger partial charge is 0.410 e. The maximum atomic E-state index is 15.2. The predicted octanol–water partition coefficient (Wildman–Crippen LogP) is 22.5. The standard InChI is InChI=1S/C36H35F2N5O5S2.C31H27F2N5O3S2.C27H29FN4O4S.C9H6FNOS/c1-36(2,3)48-35(45)43(15-16-46-4)21-23-7-11-27(40-20-23)31-19-28-33(50-31)30(13-14-39-28)47-29-12-10-25(18-26(29)38)41-34(49)42-32(44)17-22-5-8-24(37)9-6-22;1-40-13-12-34-17-20-4-8-24(36-18-20)28-16-25-30(43-28)27(10-11-35-25)41-26-9-7-22(15-23(26)33)37-31(42)38-29(39)14-19-2-5-21(32)6-3-19;1-27(2,3)36-26(33)32(11-12-34-4)16-17-5-7-20(31-15-17)24-14-21-25(37-24)23(9-10-30-21)35-22-8-6-18(29)13-19(22)28;10-8-3-1-7(2-4-8)5-9(12)13-6-11/h5-14,18-20H,15-17,21H2,1-4H3,(H2,41,42,44,49);2-11,15-16,18,34H,12-14,17H2,1H3,(H2,37,38,39,42);5-10,13-15H,11-12,16,29H2,1-4H3;1-4H,5H2. The zero-order valence-corrected chi connectivity index (χ0v) is 83.5. The number of hydrogen-bond acceptors (Lipinski definition) is 28. The molecular weight excluding hydrogens is 1960 g/mol. The molecule has 0 aliphatic heterocycles. The molecule has 15 aromatic rings. The number of amides is 4. The SMILES string of the molecule is COCCN(Cc1ccc(-c2cc3nccc(Oc4ccc(N)cc4F)c3s2)nc1)C(=O)OC(C)(C)C.COCCN(Cc1ccc(-c2cc3nccc(Oc4ccc(NC(=S)NC(=O)Cc5ccc(F)cc5)cc4F)c3s2)nc1)C(=O)OC(C)(C)C.COCCNCc1ccc(-c2cc3nccc(Oc4ccc(NC(=S)NC(=O)Cc5ccc(F)cc5)cc4F)c3s2)nc1.N#CSC(=O)Cc1ccc(F)cc1. The highest BCUT2D eigenvalue weighted by Gasteiger charge is 2.27. The maximum absolute atomic E-state index is 15.2. The van der Waals surface area contributed by atoms with Crippen LogP contribution in [0, 0.1) is 45.6 Å². The zero-order chi connectivity index (χ0) is 102. The quantitative estimate of drug-likeness (QED) is 0.00750. The zero-order valence-electron chi connectivity index (χ0n) is 78.6. The number of aromatic nitrogens is 6. The normalized spacial score (nSPS) is 11.0. The first-order chi connectivity index (χ1) is 68.6. The summed E-state index contributed by atoms with van der Waals surface area (Å²) in [5.41, 5.74) is 14.4. The first kappa shape index (κ1) is 107. The number of benzene rings is 6. The third-order valence-corrected chi connectivity index (χ3v) is 24.2. The van der Waals surface area contributed by atoms with Gasteiger partial charge in [-0.25, -0.2) is 35.9 Å². The van der Waals surface area contributed by atoms with Gasteiger partial charge < -0.3 is 80.0 Å². The lowest BCUT2D eigenvalue weighted by atomic mass is 10.1. The van der Waals surface area contributed by atoms with Crippen molar-refractivity contribution >= 4 is 157 Å². The number of nitrogen functional groups attached to an aromatic ring is 1. The van der Waals surface area contributed by atoms with Crippen LogP contribution >= 0.6 is 70.2 Å². The van der Waals surface area contributed by atoms with Crippen molar-refractivity contribution in [3.05, 3.63) is 306 Å². The minimum absolute atomic E-state index is 0.000642. The van der Waals surface area contributed by atoms with Crippen LogP contribution in [-0.4, -0.2) is 151 Å². The molecular formula is C103H97F6N15O13S6. The lowest BCUT2D eigenvalue weighted by Crippen LogP contribution is -2.38. The number of nitrogens with one attached hydrogen (secondary N) is 5. The number of nitrogens with two attached hydrogens (primary N) is 1. The molecule has 143 heavy (non-hydrogen) atoms. The van der Waals surface area contributed by atoms with Crippen molar-refractivity contribution < 1.29 is 88.2 Å². The van der Waals surface area contributed by atoms with E-state index < -0.39 is 52.6 Å². The van der Waals surface area contributed by atoms with Gasteiger partial charge >= 0.3 is 12.2 Å². The monoisotopic (exact) mass is 2060 g/mol. The van der Waals surface area contributed by atoms with Crippen LogP contribution < -0.4 is 46.5 Å². The number of methoxy groups -OCH3 is 3. The van der Waals surface area contributed by atoms with E-state index >= 15 is 8.78 Å². The molecule has 0 fully saturated rings. The average Bonchev–Trinajstić information content (AvgIpc) is 1.66. The Morgan fingerprint density at radius 1 is 0.427 bits per heavy atom. The Morgan fingerprint density at radius 2 is 0.776 bits per heavy atom. The van der Waals surface area contributed by atoms with Gasteiger partial charge in [0, 0.05) is 156 Å². The molecule has 0 unspecified atom stereocenters. The molecule has 0 saturated heterocycles. The highest BCUT2D eigenvalue weighted by Crippen LogP contribution is 2.44. The lowest BCUT2D eigenvalue weighted by molar-refractivity contribution is -0.119. The molecule has 740 valence electrons. The van der Waals surface area contributed by atoms with Crippen molar-refractivity contribution in [1.29, 1.82) is 5.26 Å². The van der Waals surface area contributed by atoms with Gasteiger partial charge in [-0.1, -0.05) is 54.6 Å². The molecule has 15 rings (SSSR count). The number of thioether (sulfide) groups is 1. The third-order valence-electron chi connectivity index (χ3n) is 19.8. The van der Waals surface area contributed by atoms with E-state index in [9.17, 15) is 41.5 Å². The van der Waals surface area contributed by atoms with Crippen molar-refractivity contribution in [1.82, 2.24) is 55.7 Å². The number of fused-ring (bicyclic) bond motifs is 3. The fourth-order valence-electron chi connectivity index (χ4n) is 13.1. The number of nitrogens with zero attached hydrogens (tertiary/aromatic N) is 9. The van der Waals surface area contributed by atoms with E-state index in [1.54, 1.807) is 104 Å². The number of hydrogen-bond donors (Lipinski definition) is 6. The van der Waals surface area contributed by atoms with Gasteiger partial charge in [0.2, 0.25) is 16.9 Å². The number of carbonyl (C=O) groups is 5. The molecule has 0 atom stereocenters. The van der Waals surface area contributed by atoms with Gasteiger partial charge in [-0.15, -0.1) is 34.0 Å². The third kappa shape index (κ3) is 33.3. The molecule has 9 heterocycles. The number of thiocyanates is 1. The van der Waals surface area contributed by atoms with Crippen molar-refractivity contribution in [3.63, 3.8) is 0 Å². The van der Waals surface area contributed by atoms with Gasteiger partial charge in [-0.05, 0) is 209 Å². The Labute approximate surface area is 846 Å². The lowest BCUT2D eigenvalue weighted by Gasteiger charge is -2.27. The van der Waals surface area contributed by atoms with Crippen LogP contribution in [-0.2, 0) is 77.0 Å². The van der Waals surface area contributed by atoms with Crippen LogP contribution in [0.15, 0.2) is 237 Å². The van der Waals surface area contributed by atoms with Crippen molar-refractivity contribution in [3.8, 4) is 71.6 Å². The first-order valence-corrected chi connectivity index (χ1v) is 48.0. The minimum atomic E-state index is -0.652. The second-order valence-corrected chi connectivity index (χ2v) is 38.1. The molecule has 28 nitrogen and oxygen atoms in total. The average molecular weight is 2060 g/mol. The number of pyridine rings is 6. The van der Waals surface area contributed by atoms with Crippen LogP contribution in [0.4, 0.5) is 53.0 Å². The highest BCUT2D eigenvalue weighted by molar-refractivity contribution is 8.17. The first-order valence-electron chi connectivity index (χ1n) is 44.0. The van der Waals surface area contributed by atoms with Crippen molar-refractivity contribution in [2.75, 3.05) is 77.2 Å². The molecule has 40 heteroatoms. The van der Waals surface area contributed by atoms with Crippen LogP contribution in [0.5, 0.6) is 34.5 Å². The van der Waals surface area contributed by atoms with E-state index in [2.05, 4.69) is 56.5 Å². The van der Waals surface area contributed by atoms with Gasteiger partial charge in [-0.2, -0.15) is 5.26 Å². The maximum Gasteiger partial charge on any atom is 0.410 e. The number of ether oxygens (including phenoxy) is 8. The highest BCUT2D eigenvalue weighted by atomic mass is 32.2. The Balaban J connectivity index is 0.000000181. The Bertz CT molecular complexity index is 6980. The van der Waals surface area contributed by atoms with Crippen LogP contribution in [0.25, 0.3) is 62.4 Å². The summed E-state index contributed by atoms with van der Waals surface area (Å²) in [6.45, 7) is 15.2. The van der Waals surface area contributed by atoms with E-state index in [4.69, 9.17) is 73.3 Å². The molecule has 0 bridgehead atoms. The van der Waals surface area contributed by atoms with Crippen LogP contribution in [0.3, 0.4) is 0 Å². The predicted molar refractivity (Wildman–Crippen MR) is 550 cm³/mol. The largest absolute Gasteiger partial charge is 0.453 e. The van der Waals surface area contributed by atoms with E-state index in [1.807, 2.05) is 102 Å². The second-order valence-electron chi connectivity index (χ2n) is 33.3. The molecule has 0 aliphatic carbocycles. The summed E-state index contributed by atoms with van der Waals surface area (Å²) in [7, 11) is 4.83. The fourth-order valence-corrected chi connectivity index (χ4v) is 17.0. The van der Waals surface area contributed by atoms with Crippen molar-refractivity contribution in [2.45, 2.75) is 91.6 Å². The Morgan fingerprint density at radius 3 is 1.11 bits per heavy atom.